The third-order valence-electron chi connectivity index (χ3n) is 4.57. The van der Waals surface area contributed by atoms with Gasteiger partial charge < -0.3 is 4.74 Å². The van der Waals surface area contributed by atoms with Crippen LogP contribution >= 0.6 is 0 Å². The maximum Gasteiger partial charge on any atom is 0.166 e. The van der Waals surface area contributed by atoms with Gasteiger partial charge in [0, 0.05) is 26.2 Å². The molecular formula is C17H25N3O2Si. The molecule has 1 unspecified atom stereocenters. The first kappa shape index (κ1) is 16.3. The third-order valence-corrected chi connectivity index (χ3v) is 6.27. The summed E-state index contributed by atoms with van der Waals surface area (Å²) in [4.78, 5) is 12.4. The zero-order chi connectivity index (χ0) is 16.6. The summed E-state index contributed by atoms with van der Waals surface area (Å²) >= 11 is 0. The Morgan fingerprint density at radius 1 is 1.35 bits per heavy atom. The first-order valence-corrected chi connectivity index (χ1v) is 12.1. The zero-order valence-corrected chi connectivity index (χ0v) is 15.4. The van der Waals surface area contributed by atoms with Gasteiger partial charge in [0.05, 0.1) is 5.52 Å². The number of ether oxygens (including phenoxy) is 1. The molecule has 1 aromatic heterocycles. The van der Waals surface area contributed by atoms with Crippen molar-refractivity contribution in [2.45, 2.75) is 52.2 Å². The van der Waals surface area contributed by atoms with Crippen LogP contribution in [-0.4, -0.2) is 35.5 Å². The van der Waals surface area contributed by atoms with Crippen LogP contribution < -0.4 is 0 Å². The number of nitrogens with zero attached hydrogens (tertiary/aromatic N) is 3. The number of rotatable bonds is 6. The molecule has 0 spiro atoms. The van der Waals surface area contributed by atoms with E-state index in [4.69, 9.17) is 4.74 Å². The van der Waals surface area contributed by atoms with Crippen molar-refractivity contribution < 1.29 is 9.53 Å². The summed E-state index contributed by atoms with van der Waals surface area (Å²) in [6.45, 7) is 10.2. The lowest BCUT2D eigenvalue weighted by Crippen LogP contribution is -2.22. The SMILES string of the molecule is CCC1Cc2c(ccc3nnn(COCC[Si](C)(C)C)c23)C1=O. The van der Waals surface area contributed by atoms with E-state index in [1.54, 1.807) is 0 Å². The summed E-state index contributed by atoms with van der Waals surface area (Å²) < 4.78 is 7.62. The number of fused-ring (bicyclic) bond motifs is 3. The predicted octanol–water partition coefficient (Wildman–Crippen LogP) is 3.51. The molecule has 0 radical (unpaired) electrons. The van der Waals surface area contributed by atoms with Crippen molar-refractivity contribution in [2.75, 3.05) is 6.61 Å². The van der Waals surface area contributed by atoms with Gasteiger partial charge in [-0.3, -0.25) is 4.79 Å². The number of carbonyl (C=O) groups is 1. The van der Waals surface area contributed by atoms with Gasteiger partial charge in [0.15, 0.2) is 5.78 Å². The molecule has 0 saturated heterocycles. The summed E-state index contributed by atoms with van der Waals surface area (Å²) in [6, 6.07) is 4.94. The summed E-state index contributed by atoms with van der Waals surface area (Å²) in [5, 5.41) is 8.45. The molecule has 0 aliphatic heterocycles. The normalized spacial score (nSPS) is 17.9. The summed E-state index contributed by atoms with van der Waals surface area (Å²) in [5.41, 5.74) is 3.76. The topological polar surface area (TPSA) is 57.0 Å². The first-order chi connectivity index (χ1) is 10.9. The molecule has 0 saturated carbocycles. The number of hydrogen-bond donors (Lipinski definition) is 0. The maximum absolute atomic E-state index is 12.4. The third kappa shape index (κ3) is 3.23. The van der Waals surface area contributed by atoms with Crippen LogP contribution in [0.4, 0.5) is 0 Å². The van der Waals surface area contributed by atoms with Crippen molar-refractivity contribution in [3.63, 3.8) is 0 Å². The highest BCUT2D eigenvalue weighted by molar-refractivity contribution is 6.76. The van der Waals surface area contributed by atoms with Crippen molar-refractivity contribution in [3.8, 4) is 0 Å². The van der Waals surface area contributed by atoms with Crippen LogP contribution in [0.25, 0.3) is 11.0 Å². The highest BCUT2D eigenvalue weighted by Gasteiger charge is 2.31. The van der Waals surface area contributed by atoms with Gasteiger partial charge in [-0.2, -0.15) is 0 Å². The van der Waals surface area contributed by atoms with Gasteiger partial charge in [-0.15, -0.1) is 5.10 Å². The number of carbonyl (C=O) groups excluding carboxylic acids is 1. The van der Waals surface area contributed by atoms with E-state index in [-0.39, 0.29) is 11.7 Å². The van der Waals surface area contributed by atoms with Gasteiger partial charge in [0.2, 0.25) is 0 Å². The van der Waals surface area contributed by atoms with Crippen LogP contribution in [0.15, 0.2) is 12.1 Å². The average molecular weight is 331 g/mol. The molecule has 6 heteroatoms. The highest BCUT2D eigenvalue weighted by Crippen LogP contribution is 2.33. The van der Waals surface area contributed by atoms with Crippen LogP contribution in [0.3, 0.4) is 0 Å². The van der Waals surface area contributed by atoms with Crippen LogP contribution in [0.2, 0.25) is 25.7 Å². The van der Waals surface area contributed by atoms with E-state index < -0.39 is 8.07 Å². The minimum absolute atomic E-state index is 0.103. The average Bonchev–Trinajstić information content (AvgIpc) is 3.04. The quantitative estimate of drug-likeness (QED) is 0.600. The van der Waals surface area contributed by atoms with Crippen LogP contribution in [0, 0.1) is 5.92 Å². The van der Waals surface area contributed by atoms with Crippen LogP contribution in [-0.2, 0) is 17.9 Å². The van der Waals surface area contributed by atoms with Crippen LogP contribution in [0.1, 0.15) is 29.3 Å². The van der Waals surface area contributed by atoms with E-state index in [0.717, 1.165) is 47.7 Å². The Bertz CT molecular complexity index is 733. The van der Waals surface area contributed by atoms with Gasteiger partial charge in [-0.05, 0) is 36.6 Å². The van der Waals surface area contributed by atoms with Crippen molar-refractivity contribution in [3.05, 3.63) is 23.3 Å². The number of hydrogen-bond acceptors (Lipinski definition) is 4. The molecule has 1 heterocycles. The number of aromatic nitrogens is 3. The first-order valence-electron chi connectivity index (χ1n) is 8.37. The Balaban J connectivity index is 1.82. The molecule has 124 valence electrons. The molecule has 1 aromatic carbocycles. The van der Waals surface area contributed by atoms with E-state index in [9.17, 15) is 4.79 Å². The number of ketones is 1. The Labute approximate surface area is 138 Å². The largest absolute Gasteiger partial charge is 0.359 e. The molecule has 0 bridgehead atoms. The summed E-state index contributed by atoms with van der Waals surface area (Å²) in [5.74, 6) is 0.364. The van der Waals surface area contributed by atoms with E-state index in [1.165, 1.54) is 0 Å². The molecule has 0 fully saturated rings. The predicted molar refractivity (Wildman–Crippen MR) is 93.4 cm³/mol. The zero-order valence-electron chi connectivity index (χ0n) is 14.4. The van der Waals surface area contributed by atoms with E-state index in [1.807, 2.05) is 16.8 Å². The fourth-order valence-corrected chi connectivity index (χ4v) is 3.84. The molecule has 1 aliphatic carbocycles. The Kier molecular flexibility index (Phi) is 4.38. The fourth-order valence-electron chi connectivity index (χ4n) is 3.09. The standard InChI is InChI=1S/C17H25N3O2Si/c1-5-12-10-14-13(17(12)21)6-7-15-16(14)20(19-18-15)11-22-8-9-23(2,3)4/h6-7,12H,5,8-11H2,1-4H3. The Morgan fingerprint density at radius 2 is 2.13 bits per heavy atom. The lowest BCUT2D eigenvalue weighted by atomic mass is 10.0. The second kappa shape index (κ2) is 6.17. The van der Waals surface area contributed by atoms with Crippen molar-refractivity contribution in [2.24, 2.45) is 5.92 Å². The maximum atomic E-state index is 12.4. The molecule has 1 atom stereocenters. The van der Waals surface area contributed by atoms with Gasteiger partial charge >= 0.3 is 0 Å². The smallest absolute Gasteiger partial charge is 0.166 e. The molecule has 1 aliphatic rings. The lowest BCUT2D eigenvalue weighted by molar-refractivity contribution is 0.0802. The highest BCUT2D eigenvalue weighted by atomic mass is 28.3. The minimum atomic E-state index is -1.09. The Hall–Kier alpha value is -1.53. The van der Waals surface area contributed by atoms with E-state index in [2.05, 4.69) is 36.9 Å². The molecule has 5 nitrogen and oxygen atoms in total. The fraction of sp³-hybridized carbons (Fsp3) is 0.588. The van der Waals surface area contributed by atoms with E-state index >= 15 is 0 Å². The molecule has 0 N–H and O–H groups in total. The number of Topliss-reactive ketones (excluding diaryl/α,β-unsaturated/α-hetero) is 1. The molecule has 0 amide bonds. The summed E-state index contributed by atoms with van der Waals surface area (Å²) in [7, 11) is -1.09. The molecule has 23 heavy (non-hydrogen) atoms. The van der Waals surface area contributed by atoms with Crippen molar-refractivity contribution >= 4 is 24.9 Å². The number of benzene rings is 1. The van der Waals surface area contributed by atoms with E-state index in [0.29, 0.717) is 6.73 Å². The second-order valence-corrected chi connectivity index (χ2v) is 13.2. The van der Waals surface area contributed by atoms with Gasteiger partial charge in [-0.25, -0.2) is 4.68 Å². The van der Waals surface area contributed by atoms with Gasteiger partial charge in [0.1, 0.15) is 12.2 Å². The summed E-state index contributed by atoms with van der Waals surface area (Å²) in [6.07, 6.45) is 1.67. The van der Waals surface area contributed by atoms with Crippen molar-refractivity contribution in [1.82, 2.24) is 15.0 Å². The Morgan fingerprint density at radius 3 is 2.83 bits per heavy atom. The molecular weight excluding hydrogens is 306 g/mol. The molecule has 2 aromatic rings. The van der Waals surface area contributed by atoms with Gasteiger partial charge in [0.25, 0.3) is 0 Å². The second-order valence-electron chi connectivity index (χ2n) is 7.57. The van der Waals surface area contributed by atoms with Crippen molar-refractivity contribution in [1.29, 1.82) is 0 Å². The van der Waals surface area contributed by atoms with Gasteiger partial charge in [-0.1, -0.05) is 31.8 Å². The lowest BCUT2D eigenvalue weighted by Gasteiger charge is -2.15. The molecule has 3 rings (SSSR count). The monoisotopic (exact) mass is 331 g/mol. The van der Waals surface area contributed by atoms with Crippen LogP contribution in [0.5, 0.6) is 0 Å². The minimum Gasteiger partial charge on any atom is -0.359 e.